The van der Waals surface area contributed by atoms with Gasteiger partial charge in [0.25, 0.3) is 0 Å². The SMILES string of the molecule is CC1(c2ccc(Cl)c(C(F)(F)F)c2)C=CC[C@H](CO)C1. The standard InChI is InChI=1S/C15H16ClF3O/c1-14(6-2-3-10(8-14)9-20)11-4-5-13(16)12(7-11)15(17,18)19/h2,4-7,10,20H,3,8-9H2,1H3/t10-,14?/m0/s1. The zero-order valence-corrected chi connectivity index (χ0v) is 11.8. The largest absolute Gasteiger partial charge is 0.417 e. The predicted octanol–water partition coefficient (Wildman–Crippen LogP) is 4.58. The van der Waals surface area contributed by atoms with E-state index in [1.54, 1.807) is 6.07 Å². The molecule has 0 amide bonds. The average Bonchev–Trinajstić information content (AvgIpc) is 2.37. The zero-order valence-electron chi connectivity index (χ0n) is 11.0. The Balaban J connectivity index is 2.43. The summed E-state index contributed by atoms with van der Waals surface area (Å²) < 4.78 is 38.8. The molecule has 0 heterocycles. The molecular weight excluding hydrogens is 289 g/mol. The molecule has 1 aliphatic rings. The summed E-state index contributed by atoms with van der Waals surface area (Å²) in [5, 5.41) is 8.97. The van der Waals surface area contributed by atoms with Crippen LogP contribution in [0, 0.1) is 5.92 Å². The van der Waals surface area contributed by atoms with E-state index < -0.39 is 17.2 Å². The molecule has 1 aromatic rings. The molecule has 1 N–H and O–H groups in total. The zero-order chi connectivity index (χ0) is 15.0. The quantitative estimate of drug-likeness (QED) is 0.793. The summed E-state index contributed by atoms with van der Waals surface area (Å²) in [6, 6.07) is 4.04. The molecule has 0 radical (unpaired) electrons. The maximum absolute atomic E-state index is 12.9. The Labute approximate surface area is 121 Å². The lowest BCUT2D eigenvalue weighted by Gasteiger charge is -2.34. The van der Waals surface area contributed by atoms with Gasteiger partial charge in [-0.05, 0) is 36.5 Å². The molecule has 1 unspecified atom stereocenters. The topological polar surface area (TPSA) is 20.2 Å². The van der Waals surface area contributed by atoms with Crippen molar-refractivity contribution in [2.24, 2.45) is 5.92 Å². The van der Waals surface area contributed by atoms with E-state index in [2.05, 4.69) is 0 Å². The number of hydrogen-bond acceptors (Lipinski definition) is 1. The second kappa shape index (κ2) is 5.41. The van der Waals surface area contributed by atoms with Gasteiger partial charge in [0.15, 0.2) is 0 Å². The Bertz CT molecular complexity index is 524. The van der Waals surface area contributed by atoms with E-state index in [4.69, 9.17) is 11.6 Å². The van der Waals surface area contributed by atoms with Gasteiger partial charge >= 0.3 is 6.18 Å². The summed E-state index contributed by atoms with van der Waals surface area (Å²) in [6.07, 6.45) is 0.762. The molecule has 5 heteroatoms. The number of benzene rings is 1. The van der Waals surface area contributed by atoms with Gasteiger partial charge in [-0.25, -0.2) is 0 Å². The van der Waals surface area contributed by atoms with E-state index >= 15 is 0 Å². The van der Waals surface area contributed by atoms with Gasteiger partial charge in [0.05, 0.1) is 10.6 Å². The summed E-state index contributed by atoms with van der Waals surface area (Å²) in [7, 11) is 0. The maximum Gasteiger partial charge on any atom is 0.417 e. The highest BCUT2D eigenvalue weighted by atomic mass is 35.5. The van der Waals surface area contributed by atoms with Crippen LogP contribution in [0.5, 0.6) is 0 Å². The Morgan fingerprint density at radius 3 is 2.70 bits per heavy atom. The number of aliphatic hydroxyl groups excluding tert-OH is 1. The van der Waals surface area contributed by atoms with E-state index in [9.17, 15) is 18.3 Å². The summed E-state index contributed by atoms with van der Waals surface area (Å²) in [6.45, 7) is 1.92. The first kappa shape index (κ1) is 15.4. The Kier molecular flexibility index (Phi) is 4.17. The number of rotatable bonds is 2. The molecule has 0 saturated heterocycles. The number of aliphatic hydroxyl groups is 1. The molecule has 0 fully saturated rings. The minimum absolute atomic E-state index is 0.0413. The van der Waals surface area contributed by atoms with Gasteiger partial charge in [0.2, 0.25) is 0 Å². The van der Waals surface area contributed by atoms with E-state index in [0.717, 1.165) is 12.5 Å². The number of allylic oxidation sites excluding steroid dienone is 2. The molecule has 1 aromatic carbocycles. The lowest BCUT2D eigenvalue weighted by atomic mass is 9.71. The number of hydrogen-bond donors (Lipinski definition) is 1. The van der Waals surface area contributed by atoms with Crippen molar-refractivity contribution >= 4 is 11.6 Å². The van der Waals surface area contributed by atoms with Gasteiger partial charge in [-0.3, -0.25) is 0 Å². The van der Waals surface area contributed by atoms with E-state index in [1.807, 2.05) is 19.1 Å². The summed E-state index contributed by atoms with van der Waals surface area (Å²) in [4.78, 5) is 0. The van der Waals surface area contributed by atoms with Gasteiger partial charge in [-0.15, -0.1) is 0 Å². The first-order valence-corrected chi connectivity index (χ1v) is 6.80. The molecule has 0 spiro atoms. The van der Waals surface area contributed by atoms with Gasteiger partial charge in [-0.2, -0.15) is 13.2 Å². The van der Waals surface area contributed by atoms with Crippen LogP contribution in [-0.2, 0) is 11.6 Å². The van der Waals surface area contributed by atoms with Crippen molar-refractivity contribution in [1.82, 2.24) is 0 Å². The highest BCUT2D eigenvalue weighted by Crippen LogP contribution is 2.41. The van der Waals surface area contributed by atoms with Crippen molar-refractivity contribution in [3.8, 4) is 0 Å². The molecule has 0 saturated carbocycles. The maximum atomic E-state index is 12.9. The van der Waals surface area contributed by atoms with Crippen LogP contribution in [0.4, 0.5) is 13.2 Å². The lowest BCUT2D eigenvalue weighted by molar-refractivity contribution is -0.137. The Morgan fingerprint density at radius 1 is 1.40 bits per heavy atom. The first-order chi connectivity index (χ1) is 9.26. The van der Waals surface area contributed by atoms with Crippen LogP contribution in [0.15, 0.2) is 30.4 Å². The fourth-order valence-corrected chi connectivity index (χ4v) is 2.95. The first-order valence-electron chi connectivity index (χ1n) is 6.42. The minimum atomic E-state index is -4.46. The summed E-state index contributed by atoms with van der Waals surface area (Å²) in [5.41, 5.74) is -0.739. The van der Waals surface area contributed by atoms with Gasteiger partial charge < -0.3 is 5.11 Å². The van der Waals surface area contributed by atoms with Crippen LogP contribution >= 0.6 is 11.6 Å². The lowest BCUT2D eigenvalue weighted by Crippen LogP contribution is -2.28. The van der Waals surface area contributed by atoms with Crippen LogP contribution in [0.2, 0.25) is 5.02 Å². The Hall–Kier alpha value is -1.00. The predicted molar refractivity (Wildman–Crippen MR) is 72.8 cm³/mol. The third-order valence-corrected chi connectivity index (χ3v) is 4.19. The summed E-state index contributed by atoms with van der Waals surface area (Å²) in [5.74, 6) is 0.0787. The van der Waals surface area contributed by atoms with Crippen molar-refractivity contribution in [1.29, 1.82) is 0 Å². The second-order valence-corrected chi connectivity index (χ2v) is 5.91. The fourth-order valence-electron chi connectivity index (χ4n) is 2.72. The van der Waals surface area contributed by atoms with Crippen LogP contribution in [0.1, 0.15) is 30.9 Å². The van der Waals surface area contributed by atoms with E-state index in [0.29, 0.717) is 12.0 Å². The molecule has 0 aromatic heterocycles. The molecule has 2 rings (SSSR count). The van der Waals surface area contributed by atoms with Crippen molar-refractivity contribution in [3.63, 3.8) is 0 Å². The molecule has 1 nitrogen and oxygen atoms in total. The number of alkyl halides is 3. The molecule has 0 aliphatic heterocycles. The van der Waals surface area contributed by atoms with Crippen LogP contribution in [0.3, 0.4) is 0 Å². The van der Waals surface area contributed by atoms with Crippen molar-refractivity contribution in [2.45, 2.75) is 31.4 Å². The van der Waals surface area contributed by atoms with Crippen LogP contribution in [0.25, 0.3) is 0 Å². The number of halogens is 4. The van der Waals surface area contributed by atoms with Crippen molar-refractivity contribution in [2.75, 3.05) is 6.61 Å². The Morgan fingerprint density at radius 2 is 2.10 bits per heavy atom. The van der Waals surface area contributed by atoms with Gasteiger partial charge in [0.1, 0.15) is 0 Å². The normalized spacial score (nSPS) is 26.8. The monoisotopic (exact) mass is 304 g/mol. The molecule has 110 valence electrons. The minimum Gasteiger partial charge on any atom is -0.396 e. The molecule has 1 aliphatic carbocycles. The molecule has 0 bridgehead atoms. The fraction of sp³-hybridized carbons (Fsp3) is 0.467. The van der Waals surface area contributed by atoms with Gasteiger partial charge in [0, 0.05) is 12.0 Å². The van der Waals surface area contributed by atoms with E-state index in [1.165, 1.54) is 6.07 Å². The van der Waals surface area contributed by atoms with Crippen molar-refractivity contribution in [3.05, 3.63) is 46.5 Å². The van der Waals surface area contributed by atoms with Crippen molar-refractivity contribution < 1.29 is 18.3 Å². The highest BCUT2D eigenvalue weighted by molar-refractivity contribution is 6.31. The molecular formula is C15H16ClF3O. The third-order valence-electron chi connectivity index (χ3n) is 3.86. The molecule has 20 heavy (non-hydrogen) atoms. The smallest absolute Gasteiger partial charge is 0.396 e. The highest BCUT2D eigenvalue weighted by Gasteiger charge is 2.36. The van der Waals surface area contributed by atoms with Gasteiger partial charge in [-0.1, -0.05) is 36.7 Å². The van der Waals surface area contributed by atoms with Crippen LogP contribution in [-0.4, -0.2) is 11.7 Å². The van der Waals surface area contributed by atoms with E-state index in [-0.39, 0.29) is 17.5 Å². The summed E-state index contributed by atoms with van der Waals surface area (Å²) >= 11 is 5.64. The third kappa shape index (κ3) is 3.01. The molecule has 2 atom stereocenters. The second-order valence-electron chi connectivity index (χ2n) is 5.50. The average molecular weight is 305 g/mol. The van der Waals surface area contributed by atoms with Crippen LogP contribution < -0.4 is 0 Å².